The number of anilines is 1. The minimum Gasteiger partial charge on any atom is -0.384 e. The van der Waals surface area contributed by atoms with E-state index in [1.54, 1.807) is 0 Å². The van der Waals surface area contributed by atoms with Gasteiger partial charge < -0.3 is 10.3 Å². The lowest BCUT2D eigenvalue weighted by atomic mass is 9.92. The molecular weight excluding hydrogens is 150 g/mol. The van der Waals surface area contributed by atoms with Crippen molar-refractivity contribution in [2.24, 2.45) is 7.05 Å². The summed E-state index contributed by atoms with van der Waals surface area (Å²) in [6.45, 7) is 8.31. The van der Waals surface area contributed by atoms with Gasteiger partial charge in [0.2, 0.25) is 0 Å². The van der Waals surface area contributed by atoms with E-state index in [1.165, 1.54) is 0 Å². The molecule has 0 atom stereocenters. The molecule has 2 N–H and O–H groups in total. The minimum atomic E-state index is 0.0378. The number of aromatic nitrogens is 2. The topological polar surface area (TPSA) is 43.8 Å². The van der Waals surface area contributed by atoms with E-state index in [9.17, 15) is 0 Å². The summed E-state index contributed by atoms with van der Waals surface area (Å²) < 4.78 is 1.92. The quantitative estimate of drug-likeness (QED) is 0.638. The molecule has 0 aliphatic heterocycles. The summed E-state index contributed by atoms with van der Waals surface area (Å²) in [5, 5.41) is 0. The maximum atomic E-state index is 5.89. The van der Waals surface area contributed by atoms with Gasteiger partial charge in [0.25, 0.3) is 0 Å². The molecule has 0 aliphatic rings. The first-order chi connectivity index (χ1) is 5.34. The molecule has 0 saturated heterocycles. The number of aryl methyl sites for hydroxylation is 1. The van der Waals surface area contributed by atoms with Gasteiger partial charge in [-0.3, -0.25) is 0 Å². The van der Waals surface area contributed by atoms with Crippen molar-refractivity contribution < 1.29 is 0 Å². The van der Waals surface area contributed by atoms with Gasteiger partial charge >= 0.3 is 0 Å². The molecule has 12 heavy (non-hydrogen) atoms. The highest BCUT2D eigenvalue weighted by atomic mass is 15.1. The Kier molecular flexibility index (Phi) is 1.90. The molecule has 1 rings (SSSR count). The van der Waals surface area contributed by atoms with E-state index in [1.807, 2.05) is 18.5 Å². The van der Waals surface area contributed by atoms with E-state index in [2.05, 4.69) is 25.8 Å². The lowest BCUT2D eigenvalue weighted by Crippen LogP contribution is -2.14. The van der Waals surface area contributed by atoms with Crippen LogP contribution in [0.15, 0.2) is 0 Å². The molecule has 1 aromatic heterocycles. The van der Waals surface area contributed by atoms with Crippen LogP contribution in [-0.4, -0.2) is 9.55 Å². The predicted octanol–water partition coefficient (Wildman–Crippen LogP) is 1.61. The number of imidazole rings is 1. The smallest absolute Gasteiger partial charge is 0.127 e. The SMILES string of the molecule is Cc1nc(C(C)(C)C)c(N)n1C. The molecule has 0 aliphatic carbocycles. The van der Waals surface area contributed by atoms with Crippen LogP contribution in [0.1, 0.15) is 32.3 Å². The highest BCUT2D eigenvalue weighted by Gasteiger charge is 2.21. The van der Waals surface area contributed by atoms with Crippen LogP contribution in [0.4, 0.5) is 5.82 Å². The third-order valence-electron chi connectivity index (χ3n) is 2.07. The summed E-state index contributed by atoms with van der Waals surface area (Å²) >= 11 is 0. The highest BCUT2D eigenvalue weighted by molar-refractivity contribution is 5.41. The van der Waals surface area contributed by atoms with Gasteiger partial charge in [0, 0.05) is 12.5 Å². The largest absolute Gasteiger partial charge is 0.384 e. The van der Waals surface area contributed by atoms with Crippen molar-refractivity contribution in [2.75, 3.05) is 5.73 Å². The number of rotatable bonds is 0. The molecule has 0 bridgehead atoms. The molecule has 3 heteroatoms. The van der Waals surface area contributed by atoms with Gasteiger partial charge in [-0.25, -0.2) is 4.98 Å². The molecule has 0 amide bonds. The summed E-state index contributed by atoms with van der Waals surface area (Å²) in [7, 11) is 1.94. The molecule has 0 spiro atoms. The van der Waals surface area contributed by atoms with Crippen LogP contribution in [0.25, 0.3) is 0 Å². The van der Waals surface area contributed by atoms with Crippen molar-refractivity contribution in [1.29, 1.82) is 0 Å². The van der Waals surface area contributed by atoms with Crippen molar-refractivity contribution in [3.63, 3.8) is 0 Å². The van der Waals surface area contributed by atoms with Crippen molar-refractivity contribution in [1.82, 2.24) is 9.55 Å². The van der Waals surface area contributed by atoms with Gasteiger partial charge in [0.05, 0.1) is 5.69 Å². The second-order valence-electron chi connectivity index (χ2n) is 4.20. The van der Waals surface area contributed by atoms with E-state index >= 15 is 0 Å². The maximum absolute atomic E-state index is 5.89. The molecule has 1 heterocycles. The number of hydrogen-bond donors (Lipinski definition) is 1. The van der Waals surface area contributed by atoms with Crippen LogP contribution in [0, 0.1) is 6.92 Å². The number of nitrogen functional groups attached to an aromatic ring is 1. The average molecular weight is 167 g/mol. The van der Waals surface area contributed by atoms with Gasteiger partial charge in [-0.15, -0.1) is 0 Å². The molecule has 3 nitrogen and oxygen atoms in total. The molecule has 0 saturated carbocycles. The molecule has 0 unspecified atom stereocenters. The van der Waals surface area contributed by atoms with Crippen molar-refractivity contribution in [3.05, 3.63) is 11.5 Å². The zero-order chi connectivity index (χ0) is 9.52. The lowest BCUT2D eigenvalue weighted by Gasteiger charge is -2.15. The van der Waals surface area contributed by atoms with Crippen molar-refractivity contribution in [2.45, 2.75) is 33.1 Å². The predicted molar refractivity (Wildman–Crippen MR) is 51.1 cm³/mol. The standard InChI is InChI=1S/C9H17N3/c1-6-11-7(9(2,3)4)8(10)12(6)5/h10H2,1-5H3. The summed E-state index contributed by atoms with van der Waals surface area (Å²) in [5.41, 5.74) is 6.92. The second kappa shape index (κ2) is 2.51. The average Bonchev–Trinajstić information content (AvgIpc) is 2.15. The van der Waals surface area contributed by atoms with Crippen LogP contribution in [0.2, 0.25) is 0 Å². The first-order valence-corrected chi connectivity index (χ1v) is 4.13. The van der Waals surface area contributed by atoms with Crippen molar-refractivity contribution in [3.8, 4) is 0 Å². The Morgan fingerprint density at radius 2 is 1.83 bits per heavy atom. The third kappa shape index (κ3) is 1.31. The normalized spacial score (nSPS) is 12.1. The first kappa shape index (κ1) is 9.10. The Hall–Kier alpha value is -0.990. The summed E-state index contributed by atoms with van der Waals surface area (Å²) in [6.07, 6.45) is 0. The van der Waals surface area contributed by atoms with Gasteiger partial charge in [0.1, 0.15) is 11.6 Å². The lowest BCUT2D eigenvalue weighted by molar-refractivity contribution is 0.573. The fraction of sp³-hybridized carbons (Fsp3) is 0.667. The highest BCUT2D eigenvalue weighted by Crippen LogP contribution is 2.26. The molecular formula is C9H17N3. The van der Waals surface area contributed by atoms with Gasteiger partial charge in [-0.2, -0.15) is 0 Å². The number of nitrogens with zero attached hydrogens (tertiary/aromatic N) is 2. The molecule has 0 radical (unpaired) electrons. The van der Waals surface area contributed by atoms with E-state index < -0.39 is 0 Å². The summed E-state index contributed by atoms with van der Waals surface area (Å²) in [5.74, 6) is 1.75. The maximum Gasteiger partial charge on any atom is 0.127 e. The fourth-order valence-electron chi connectivity index (χ4n) is 1.18. The first-order valence-electron chi connectivity index (χ1n) is 4.13. The summed E-state index contributed by atoms with van der Waals surface area (Å²) in [6, 6.07) is 0. The zero-order valence-corrected chi connectivity index (χ0v) is 8.47. The van der Waals surface area contributed by atoms with E-state index in [-0.39, 0.29) is 5.41 Å². The molecule has 0 aromatic carbocycles. The Balaban J connectivity index is 3.28. The van der Waals surface area contributed by atoms with Crippen LogP contribution in [-0.2, 0) is 12.5 Å². The van der Waals surface area contributed by atoms with E-state index in [0.717, 1.165) is 17.3 Å². The number of hydrogen-bond acceptors (Lipinski definition) is 2. The van der Waals surface area contributed by atoms with Crippen LogP contribution in [0.3, 0.4) is 0 Å². The van der Waals surface area contributed by atoms with Gasteiger partial charge in [-0.1, -0.05) is 20.8 Å². The Labute approximate surface area is 73.6 Å². The van der Waals surface area contributed by atoms with Crippen molar-refractivity contribution >= 4 is 5.82 Å². The Morgan fingerprint density at radius 3 is 2.00 bits per heavy atom. The monoisotopic (exact) mass is 167 g/mol. The number of nitrogens with two attached hydrogens (primary N) is 1. The summed E-state index contributed by atoms with van der Waals surface area (Å²) in [4.78, 5) is 4.42. The van der Waals surface area contributed by atoms with Crippen LogP contribution < -0.4 is 5.73 Å². The Bertz CT molecular complexity index is 291. The third-order valence-corrected chi connectivity index (χ3v) is 2.07. The molecule has 0 fully saturated rings. The van der Waals surface area contributed by atoms with Crippen LogP contribution in [0.5, 0.6) is 0 Å². The molecule has 68 valence electrons. The van der Waals surface area contributed by atoms with Gasteiger partial charge in [0.15, 0.2) is 0 Å². The Morgan fingerprint density at radius 1 is 1.33 bits per heavy atom. The second-order valence-corrected chi connectivity index (χ2v) is 4.20. The zero-order valence-electron chi connectivity index (χ0n) is 8.47. The van der Waals surface area contributed by atoms with Crippen LogP contribution >= 0.6 is 0 Å². The fourth-order valence-corrected chi connectivity index (χ4v) is 1.18. The molecule has 1 aromatic rings. The van der Waals surface area contributed by atoms with E-state index in [4.69, 9.17) is 5.73 Å². The van der Waals surface area contributed by atoms with Gasteiger partial charge in [-0.05, 0) is 6.92 Å². The van der Waals surface area contributed by atoms with E-state index in [0.29, 0.717) is 0 Å². The minimum absolute atomic E-state index is 0.0378.